The molecule has 1 saturated heterocycles. The van der Waals surface area contributed by atoms with Crippen molar-refractivity contribution in [2.24, 2.45) is 11.8 Å². The van der Waals surface area contributed by atoms with E-state index in [0.717, 1.165) is 13.1 Å². The number of piperidine rings is 1. The zero-order valence-electron chi connectivity index (χ0n) is 11.0. The zero-order valence-corrected chi connectivity index (χ0v) is 11.0. The maximum absolute atomic E-state index is 11.9. The molecule has 0 aromatic carbocycles. The highest BCUT2D eigenvalue weighted by Gasteiger charge is 2.58. The predicted octanol–water partition coefficient (Wildman–Crippen LogP) is 1.99. The first-order valence-electron chi connectivity index (χ1n) is 6.43. The third kappa shape index (κ3) is 1.98. The number of likely N-dealkylation sites (tertiary alicyclic amines) is 1. The van der Waals surface area contributed by atoms with Gasteiger partial charge in [-0.3, -0.25) is 5.10 Å². The Bertz CT molecular complexity index is 437. The third-order valence-corrected chi connectivity index (χ3v) is 3.73. The second kappa shape index (κ2) is 3.73. The lowest BCUT2D eigenvalue weighted by atomic mass is 10.2. The van der Waals surface area contributed by atoms with Gasteiger partial charge in [0.15, 0.2) is 0 Å². The number of aromatic nitrogens is 2. The molecule has 5 nitrogen and oxygen atoms in total. The van der Waals surface area contributed by atoms with Crippen LogP contribution >= 0.6 is 0 Å². The number of rotatable bonds is 1. The van der Waals surface area contributed by atoms with E-state index >= 15 is 0 Å². The summed E-state index contributed by atoms with van der Waals surface area (Å²) >= 11 is 0. The van der Waals surface area contributed by atoms with E-state index in [-0.39, 0.29) is 6.09 Å². The molecular formula is C13H19N3O2. The maximum atomic E-state index is 11.9. The number of aromatic amines is 1. The van der Waals surface area contributed by atoms with Crippen LogP contribution in [0, 0.1) is 11.8 Å². The molecule has 0 radical (unpaired) electrons. The fourth-order valence-electron chi connectivity index (χ4n) is 2.92. The molecule has 0 bridgehead atoms. The monoisotopic (exact) mass is 249 g/mol. The van der Waals surface area contributed by atoms with Crippen LogP contribution in [0.1, 0.15) is 32.4 Å². The topological polar surface area (TPSA) is 58.2 Å². The molecule has 1 unspecified atom stereocenters. The van der Waals surface area contributed by atoms with Crippen molar-refractivity contribution in [3.8, 4) is 0 Å². The molecule has 1 saturated carbocycles. The fraction of sp³-hybridized carbons (Fsp3) is 0.692. The van der Waals surface area contributed by atoms with Crippen LogP contribution in [0.4, 0.5) is 4.79 Å². The minimum absolute atomic E-state index is 0.182. The smallest absolute Gasteiger partial charge is 0.410 e. The summed E-state index contributed by atoms with van der Waals surface area (Å²) in [5.74, 6) is 1.72. The van der Waals surface area contributed by atoms with E-state index in [9.17, 15) is 4.79 Å². The van der Waals surface area contributed by atoms with Crippen LogP contribution in [0.15, 0.2) is 12.3 Å². The van der Waals surface area contributed by atoms with Gasteiger partial charge in [-0.05, 0) is 38.7 Å². The summed E-state index contributed by atoms with van der Waals surface area (Å²) in [5.41, 5.74) is 0.793. The van der Waals surface area contributed by atoms with E-state index in [4.69, 9.17) is 4.74 Å². The van der Waals surface area contributed by atoms with Gasteiger partial charge in [0.1, 0.15) is 5.60 Å². The molecule has 18 heavy (non-hydrogen) atoms. The first kappa shape index (κ1) is 11.6. The summed E-state index contributed by atoms with van der Waals surface area (Å²) in [4.78, 5) is 13.7. The van der Waals surface area contributed by atoms with Crippen molar-refractivity contribution in [3.05, 3.63) is 18.0 Å². The quantitative estimate of drug-likeness (QED) is 0.828. The summed E-state index contributed by atoms with van der Waals surface area (Å²) in [5, 5.41) is 7.01. The van der Waals surface area contributed by atoms with Crippen LogP contribution < -0.4 is 0 Å². The lowest BCUT2D eigenvalue weighted by molar-refractivity contribution is 0.0271. The van der Waals surface area contributed by atoms with Gasteiger partial charge >= 0.3 is 6.09 Å². The van der Waals surface area contributed by atoms with Gasteiger partial charge in [-0.1, -0.05) is 0 Å². The van der Waals surface area contributed by atoms with Crippen LogP contribution in [0.3, 0.4) is 0 Å². The Morgan fingerprint density at radius 3 is 2.61 bits per heavy atom. The highest BCUT2D eigenvalue weighted by molar-refractivity contribution is 5.69. The number of nitrogens with one attached hydrogen (secondary N) is 1. The van der Waals surface area contributed by atoms with Crippen LogP contribution in [0.2, 0.25) is 0 Å². The number of ether oxygens (including phenoxy) is 1. The molecule has 98 valence electrons. The molecular weight excluding hydrogens is 230 g/mol. The Morgan fingerprint density at radius 2 is 2.11 bits per heavy atom. The molecule has 1 aromatic heterocycles. The standard InChI is InChI=1S/C13H19N3O2/c1-13(2,3)18-12(17)16-6-8-9(7-16)11(8)10-4-5-14-15-10/h4-5,8-9,11H,6-7H2,1-3H3,(H,14,15)/t8-,9+,11?. The van der Waals surface area contributed by atoms with Gasteiger partial charge in [0.2, 0.25) is 0 Å². The first-order chi connectivity index (χ1) is 8.46. The van der Waals surface area contributed by atoms with E-state index in [1.54, 1.807) is 6.20 Å². The van der Waals surface area contributed by atoms with Crippen molar-refractivity contribution in [1.82, 2.24) is 15.1 Å². The van der Waals surface area contributed by atoms with Crippen molar-refractivity contribution in [2.45, 2.75) is 32.3 Å². The van der Waals surface area contributed by atoms with E-state index in [1.165, 1.54) is 5.69 Å². The first-order valence-corrected chi connectivity index (χ1v) is 6.43. The normalized spacial score (nSPS) is 30.2. The molecule has 1 aromatic rings. The van der Waals surface area contributed by atoms with Gasteiger partial charge in [0.25, 0.3) is 0 Å². The Morgan fingerprint density at radius 1 is 1.44 bits per heavy atom. The molecule has 3 atom stereocenters. The molecule has 2 aliphatic rings. The van der Waals surface area contributed by atoms with Gasteiger partial charge in [-0.15, -0.1) is 0 Å². The number of carbonyl (C=O) groups is 1. The summed E-state index contributed by atoms with van der Waals surface area (Å²) in [6, 6.07) is 2.03. The van der Waals surface area contributed by atoms with Crippen molar-refractivity contribution < 1.29 is 9.53 Å². The summed E-state index contributed by atoms with van der Waals surface area (Å²) in [6.45, 7) is 7.31. The third-order valence-electron chi connectivity index (χ3n) is 3.73. The van der Waals surface area contributed by atoms with Crippen LogP contribution in [-0.4, -0.2) is 39.9 Å². The van der Waals surface area contributed by atoms with Gasteiger partial charge < -0.3 is 9.64 Å². The molecule has 2 fully saturated rings. The van der Waals surface area contributed by atoms with Gasteiger partial charge in [0, 0.05) is 30.9 Å². The number of H-pyrrole nitrogens is 1. The molecule has 5 heteroatoms. The second-order valence-corrected chi connectivity index (χ2v) is 6.25. The number of hydrogen-bond acceptors (Lipinski definition) is 3. The Labute approximate surface area is 107 Å². The number of fused-ring (bicyclic) bond motifs is 1. The number of nitrogens with zero attached hydrogens (tertiary/aromatic N) is 2. The number of hydrogen-bond donors (Lipinski definition) is 1. The van der Waals surface area contributed by atoms with E-state index < -0.39 is 5.60 Å². The van der Waals surface area contributed by atoms with Crippen molar-refractivity contribution in [3.63, 3.8) is 0 Å². The SMILES string of the molecule is CC(C)(C)OC(=O)N1C[C@@H]2C(c3ccn[nH]3)[C@@H]2C1. The molecule has 1 N–H and O–H groups in total. The van der Waals surface area contributed by atoms with Gasteiger partial charge in [-0.2, -0.15) is 5.10 Å². The lowest BCUT2D eigenvalue weighted by Crippen LogP contribution is -2.36. The fourth-order valence-corrected chi connectivity index (χ4v) is 2.92. The predicted molar refractivity (Wildman–Crippen MR) is 66.1 cm³/mol. The average Bonchev–Trinajstić information content (AvgIpc) is 2.76. The molecule has 1 aliphatic carbocycles. The number of carbonyl (C=O) groups excluding carboxylic acids is 1. The Hall–Kier alpha value is -1.52. The van der Waals surface area contributed by atoms with Crippen LogP contribution in [0.25, 0.3) is 0 Å². The van der Waals surface area contributed by atoms with Crippen molar-refractivity contribution in [1.29, 1.82) is 0 Å². The van der Waals surface area contributed by atoms with Crippen LogP contribution in [-0.2, 0) is 4.74 Å². The summed E-state index contributed by atoms with van der Waals surface area (Å²) < 4.78 is 5.38. The summed E-state index contributed by atoms with van der Waals surface area (Å²) in [7, 11) is 0. The Balaban J connectivity index is 1.56. The molecule has 2 heterocycles. The molecule has 1 aliphatic heterocycles. The van der Waals surface area contributed by atoms with Gasteiger partial charge in [0.05, 0.1) is 0 Å². The molecule has 3 rings (SSSR count). The van der Waals surface area contributed by atoms with Crippen molar-refractivity contribution in [2.75, 3.05) is 13.1 Å². The lowest BCUT2D eigenvalue weighted by Gasteiger charge is -2.25. The molecule has 1 amide bonds. The van der Waals surface area contributed by atoms with Gasteiger partial charge in [-0.25, -0.2) is 4.79 Å². The van der Waals surface area contributed by atoms with Crippen molar-refractivity contribution >= 4 is 6.09 Å². The largest absolute Gasteiger partial charge is 0.444 e. The van der Waals surface area contributed by atoms with Crippen LogP contribution in [0.5, 0.6) is 0 Å². The minimum Gasteiger partial charge on any atom is -0.444 e. The highest BCUT2D eigenvalue weighted by atomic mass is 16.6. The second-order valence-electron chi connectivity index (χ2n) is 6.25. The van der Waals surface area contributed by atoms with E-state index in [0.29, 0.717) is 17.8 Å². The summed E-state index contributed by atoms with van der Waals surface area (Å²) in [6.07, 6.45) is 1.60. The van der Waals surface area contributed by atoms with E-state index in [1.807, 2.05) is 31.7 Å². The Kier molecular flexibility index (Phi) is 2.40. The number of amides is 1. The van der Waals surface area contributed by atoms with E-state index in [2.05, 4.69) is 10.2 Å². The maximum Gasteiger partial charge on any atom is 0.410 e. The highest BCUT2D eigenvalue weighted by Crippen LogP contribution is 2.57. The average molecular weight is 249 g/mol. The minimum atomic E-state index is -0.410. The molecule has 0 spiro atoms. The zero-order chi connectivity index (χ0) is 12.9.